The van der Waals surface area contributed by atoms with E-state index in [0.29, 0.717) is 12.8 Å². The van der Waals surface area contributed by atoms with Crippen LogP contribution in [0.3, 0.4) is 0 Å². The molecule has 0 aromatic carbocycles. The summed E-state index contributed by atoms with van der Waals surface area (Å²) in [5.74, 6) is -2.80. The van der Waals surface area contributed by atoms with Crippen molar-refractivity contribution in [3.8, 4) is 0 Å². The number of aliphatic hydroxyl groups excluding tert-OH is 1. The molecule has 0 spiro atoms. The fourth-order valence-corrected chi connectivity index (χ4v) is 3.57. The third kappa shape index (κ3) is 2.82. The second-order valence-electron chi connectivity index (χ2n) is 6.37. The van der Waals surface area contributed by atoms with Crippen LogP contribution in [0.15, 0.2) is 11.6 Å². The number of esters is 1. The van der Waals surface area contributed by atoms with Gasteiger partial charge in [0.2, 0.25) is 0 Å². The first kappa shape index (κ1) is 16.0. The van der Waals surface area contributed by atoms with Crippen LogP contribution < -0.4 is 0 Å². The summed E-state index contributed by atoms with van der Waals surface area (Å²) < 4.78 is 5.01. The minimum Gasteiger partial charge on any atom is -0.478 e. The molecule has 0 unspecified atom stereocenters. The van der Waals surface area contributed by atoms with Gasteiger partial charge in [-0.3, -0.25) is 4.79 Å². The summed E-state index contributed by atoms with van der Waals surface area (Å²) in [5.41, 5.74) is -1.51. The maximum atomic E-state index is 12.2. The van der Waals surface area contributed by atoms with Gasteiger partial charge in [-0.2, -0.15) is 0 Å². The van der Waals surface area contributed by atoms with Crippen molar-refractivity contribution in [2.45, 2.75) is 32.3 Å². The van der Waals surface area contributed by atoms with Gasteiger partial charge in [-0.15, -0.1) is 0 Å². The van der Waals surface area contributed by atoms with Crippen LogP contribution in [0.1, 0.15) is 26.7 Å². The Morgan fingerprint density at radius 1 is 1.52 bits per heavy atom. The maximum Gasteiger partial charge on any atom is 0.334 e. The molecule has 3 N–H and O–H groups in total. The van der Waals surface area contributed by atoms with Crippen molar-refractivity contribution in [2.24, 2.45) is 23.7 Å². The molecule has 0 aromatic heterocycles. The molecular formula is C15H22O6. The van der Waals surface area contributed by atoms with Gasteiger partial charge >= 0.3 is 11.9 Å². The van der Waals surface area contributed by atoms with E-state index in [1.807, 2.05) is 13.8 Å². The quantitative estimate of drug-likeness (QED) is 0.658. The molecule has 1 fully saturated rings. The van der Waals surface area contributed by atoms with Gasteiger partial charge in [0.1, 0.15) is 12.2 Å². The van der Waals surface area contributed by atoms with Gasteiger partial charge in [-0.1, -0.05) is 19.9 Å². The maximum absolute atomic E-state index is 12.2. The number of rotatable bonds is 3. The van der Waals surface area contributed by atoms with Crippen molar-refractivity contribution in [3.63, 3.8) is 0 Å². The molecule has 6 heteroatoms. The number of aliphatic hydroxyl groups is 2. The molecule has 2 aliphatic rings. The number of aliphatic carboxylic acids is 1. The highest BCUT2D eigenvalue weighted by Gasteiger charge is 2.53. The van der Waals surface area contributed by atoms with E-state index in [-0.39, 0.29) is 24.0 Å². The molecule has 4 atom stereocenters. The zero-order valence-electron chi connectivity index (χ0n) is 12.3. The van der Waals surface area contributed by atoms with Crippen LogP contribution in [0, 0.1) is 23.7 Å². The third-order valence-corrected chi connectivity index (χ3v) is 4.79. The first-order chi connectivity index (χ1) is 9.80. The fourth-order valence-electron chi connectivity index (χ4n) is 3.57. The van der Waals surface area contributed by atoms with Crippen LogP contribution in [-0.4, -0.2) is 46.1 Å². The van der Waals surface area contributed by atoms with Crippen molar-refractivity contribution >= 4 is 11.9 Å². The van der Waals surface area contributed by atoms with Crippen LogP contribution in [0.4, 0.5) is 0 Å². The SMILES string of the molecule is CC(C)[C@H]1CC[C@@](O)(CO)[C@H]2C(=O)OCC(C(=O)O)=C[C@H]12. The highest BCUT2D eigenvalue weighted by Crippen LogP contribution is 2.46. The van der Waals surface area contributed by atoms with Crippen LogP contribution in [0.2, 0.25) is 0 Å². The second kappa shape index (κ2) is 5.77. The molecule has 1 heterocycles. The Hall–Kier alpha value is -1.40. The molecule has 0 amide bonds. The van der Waals surface area contributed by atoms with Crippen molar-refractivity contribution in [3.05, 3.63) is 11.6 Å². The summed E-state index contributed by atoms with van der Waals surface area (Å²) in [4.78, 5) is 23.5. The Morgan fingerprint density at radius 3 is 2.71 bits per heavy atom. The van der Waals surface area contributed by atoms with E-state index >= 15 is 0 Å². The topological polar surface area (TPSA) is 104 Å². The summed E-state index contributed by atoms with van der Waals surface area (Å²) in [6.45, 7) is 3.18. The lowest BCUT2D eigenvalue weighted by atomic mass is 9.61. The number of hydrogen-bond acceptors (Lipinski definition) is 5. The minimum absolute atomic E-state index is 0.0312. The van der Waals surface area contributed by atoms with E-state index in [4.69, 9.17) is 4.74 Å². The minimum atomic E-state index is -1.54. The molecular weight excluding hydrogens is 276 g/mol. The smallest absolute Gasteiger partial charge is 0.334 e. The zero-order valence-corrected chi connectivity index (χ0v) is 12.3. The summed E-state index contributed by atoms with van der Waals surface area (Å²) in [7, 11) is 0. The number of allylic oxidation sites excluding steroid dienone is 1. The van der Waals surface area contributed by atoms with Gasteiger partial charge in [0, 0.05) is 0 Å². The van der Waals surface area contributed by atoms with Crippen LogP contribution >= 0.6 is 0 Å². The van der Waals surface area contributed by atoms with Gasteiger partial charge in [-0.05, 0) is 30.6 Å². The molecule has 1 aliphatic carbocycles. The third-order valence-electron chi connectivity index (χ3n) is 4.79. The number of fused-ring (bicyclic) bond motifs is 1. The van der Waals surface area contributed by atoms with Crippen molar-refractivity contribution in [1.29, 1.82) is 0 Å². The summed E-state index contributed by atoms with van der Waals surface area (Å²) >= 11 is 0. The van der Waals surface area contributed by atoms with E-state index in [0.717, 1.165) is 0 Å². The van der Waals surface area contributed by atoms with Gasteiger partial charge in [0.15, 0.2) is 0 Å². The van der Waals surface area contributed by atoms with Crippen LogP contribution in [0.25, 0.3) is 0 Å². The van der Waals surface area contributed by atoms with Crippen LogP contribution in [0.5, 0.6) is 0 Å². The largest absolute Gasteiger partial charge is 0.478 e. The molecule has 6 nitrogen and oxygen atoms in total. The van der Waals surface area contributed by atoms with Gasteiger partial charge in [-0.25, -0.2) is 4.79 Å². The Bertz CT molecular complexity index is 469. The highest BCUT2D eigenvalue weighted by molar-refractivity contribution is 5.88. The van der Waals surface area contributed by atoms with Gasteiger partial charge < -0.3 is 20.1 Å². The lowest BCUT2D eigenvalue weighted by Crippen LogP contribution is -2.54. The highest BCUT2D eigenvalue weighted by atomic mass is 16.5. The second-order valence-corrected chi connectivity index (χ2v) is 6.37. The van der Waals surface area contributed by atoms with Crippen molar-refractivity contribution in [2.75, 3.05) is 13.2 Å². The fraction of sp³-hybridized carbons (Fsp3) is 0.733. The van der Waals surface area contributed by atoms with Gasteiger partial charge in [0.25, 0.3) is 0 Å². The first-order valence-electron chi connectivity index (χ1n) is 7.24. The van der Waals surface area contributed by atoms with Crippen LogP contribution in [-0.2, 0) is 14.3 Å². The Balaban J connectivity index is 2.48. The van der Waals surface area contributed by atoms with E-state index < -0.39 is 36.0 Å². The van der Waals surface area contributed by atoms with Gasteiger partial charge in [0.05, 0.1) is 18.1 Å². The summed E-state index contributed by atoms with van der Waals surface area (Å²) in [6, 6.07) is 0. The number of hydrogen-bond donors (Lipinski definition) is 3. The summed E-state index contributed by atoms with van der Waals surface area (Å²) in [6.07, 6.45) is 2.48. The Kier molecular flexibility index (Phi) is 4.39. The predicted octanol–water partition coefficient (Wildman–Crippen LogP) is 0.576. The lowest BCUT2D eigenvalue weighted by molar-refractivity contribution is -0.174. The number of carboxylic acids is 1. The van der Waals surface area contributed by atoms with Crippen molar-refractivity contribution in [1.82, 2.24) is 0 Å². The monoisotopic (exact) mass is 298 g/mol. The molecule has 1 saturated carbocycles. The van der Waals surface area contributed by atoms with E-state index in [1.165, 1.54) is 0 Å². The normalized spacial score (nSPS) is 36.5. The van der Waals surface area contributed by atoms with E-state index in [9.17, 15) is 24.9 Å². The van der Waals surface area contributed by atoms with E-state index in [2.05, 4.69) is 0 Å². The molecule has 1 aliphatic heterocycles. The number of carbonyl (C=O) groups excluding carboxylic acids is 1. The Labute approximate surface area is 123 Å². The molecule has 0 radical (unpaired) electrons. The molecule has 0 saturated heterocycles. The molecule has 21 heavy (non-hydrogen) atoms. The Morgan fingerprint density at radius 2 is 2.19 bits per heavy atom. The molecule has 2 rings (SSSR count). The zero-order chi connectivity index (χ0) is 15.8. The number of carboxylic acid groups (broad SMARTS) is 1. The predicted molar refractivity (Wildman–Crippen MR) is 73.3 cm³/mol. The van der Waals surface area contributed by atoms with E-state index in [1.54, 1.807) is 6.08 Å². The molecule has 0 bridgehead atoms. The standard InChI is InChI=1S/C15H22O6/c1-8(2)10-3-4-15(20,7-16)12-11(10)5-9(13(17)18)6-21-14(12)19/h5,8,10-12,16,20H,3-4,6-7H2,1-2H3,(H,17,18)/t10-,11-,12-,15-/m1/s1. The number of ether oxygens (including phenoxy) is 1. The summed E-state index contributed by atoms with van der Waals surface area (Å²) in [5, 5.41) is 29.3. The average Bonchev–Trinajstić information content (AvgIpc) is 2.59. The first-order valence-corrected chi connectivity index (χ1v) is 7.24. The number of cyclic esters (lactones) is 1. The average molecular weight is 298 g/mol. The molecule has 118 valence electrons. The number of carbonyl (C=O) groups is 2. The van der Waals surface area contributed by atoms with Crippen molar-refractivity contribution < 1.29 is 29.6 Å². The molecule has 0 aromatic rings. The lowest BCUT2D eigenvalue weighted by Gasteiger charge is -2.46.